The third-order valence-electron chi connectivity index (χ3n) is 2.87. The molecule has 0 aromatic carbocycles. The number of hydrogen-bond donors (Lipinski definition) is 0. The Hall–Kier alpha value is -0.300. The van der Waals surface area contributed by atoms with Crippen molar-refractivity contribution in [1.82, 2.24) is 4.90 Å². The van der Waals surface area contributed by atoms with Gasteiger partial charge in [0, 0.05) is 6.54 Å². The van der Waals surface area contributed by atoms with E-state index in [-0.39, 0.29) is 0 Å². The second kappa shape index (κ2) is 5.43. The largest absolute Gasteiger partial charge is 0.303 e. The van der Waals surface area contributed by atoms with Gasteiger partial charge in [-0.15, -0.1) is 0 Å². The molecule has 0 spiro atoms. The molecule has 0 saturated carbocycles. The first-order valence-electron chi connectivity index (χ1n) is 5.54. The fourth-order valence-corrected chi connectivity index (χ4v) is 1.82. The maximum absolute atomic E-state index is 2.60. The molecule has 76 valence electrons. The van der Waals surface area contributed by atoms with Crippen molar-refractivity contribution < 1.29 is 0 Å². The fourth-order valence-electron chi connectivity index (χ4n) is 1.82. The molecule has 0 unspecified atom stereocenters. The van der Waals surface area contributed by atoms with Crippen molar-refractivity contribution in [3.8, 4) is 0 Å². The van der Waals surface area contributed by atoms with Crippen LogP contribution in [0.4, 0.5) is 0 Å². The van der Waals surface area contributed by atoms with Crippen LogP contribution >= 0.6 is 0 Å². The van der Waals surface area contributed by atoms with Crippen LogP contribution in [0.5, 0.6) is 0 Å². The summed E-state index contributed by atoms with van der Waals surface area (Å²) in [5.74, 6) is 0.958. The lowest BCUT2D eigenvalue weighted by Crippen LogP contribution is -2.33. The van der Waals surface area contributed by atoms with E-state index in [0.717, 1.165) is 5.92 Å². The molecule has 1 rings (SSSR count). The molecule has 0 amide bonds. The van der Waals surface area contributed by atoms with Gasteiger partial charge in [0.25, 0.3) is 0 Å². The van der Waals surface area contributed by atoms with E-state index in [1.165, 1.54) is 44.5 Å². The van der Waals surface area contributed by atoms with Crippen molar-refractivity contribution in [2.45, 2.75) is 40.0 Å². The van der Waals surface area contributed by atoms with Gasteiger partial charge in [0.05, 0.1) is 0 Å². The highest BCUT2D eigenvalue weighted by Gasteiger charge is 2.14. The highest BCUT2D eigenvalue weighted by atomic mass is 15.1. The summed E-state index contributed by atoms with van der Waals surface area (Å²) in [4.78, 5) is 2.60. The van der Waals surface area contributed by atoms with Gasteiger partial charge < -0.3 is 4.90 Å². The first-order valence-corrected chi connectivity index (χ1v) is 5.54. The number of allylic oxidation sites excluding steroid dienone is 1. The Morgan fingerprint density at radius 3 is 2.46 bits per heavy atom. The van der Waals surface area contributed by atoms with Crippen LogP contribution in [0.25, 0.3) is 0 Å². The molecule has 1 fully saturated rings. The Morgan fingerprint density at radius 2 is 1.92 bits per heavy atom. The molecule has 1 heteroatoms. The van der Waals surface area contributed by atoms with Crippen LogP contribution in [0.1, 0.15) is 40.0 Å². The Kier molecular flexibility index (Phi) is 4.51. The number of likely N-dealkylation sites (tertiary alicyclic amines) is 1. The fraction of sp³-hybridized carbons (Fsp3) is 0.833. The molecule has 0 atom stereocenters. The highest BCUT2D eigenvalue weighted by molar-refractivity contribution is 4.93. The summed E-state index contributed by atoms with van der Waals surface area (Å²) in [6.07, 6.45) is 6.37. The van der Waals surface area contributed by atoms with Gasteiger partial charge in [-0.3, -0.25) is 0 Å². The highest BCUT2D eigenvalue weighted by Crippen LogP contribution is 2.15. The zero-order valence-corrected chi connectivity index (χ0v) is 9.34. The van der Waals surface area contributed by atoms with E-state index in [4.69, 9.17) is 0 Å². The van der Waals surface area contributed by atoms with E-state index in [1.807, 2.05) is 0 Å². The quantitative estimate of drug-likeness (QED) is 0.605. The van der Waals surface area contributed by atoms with Gasteiger partial charge in [-0.1, -0.05) is 18.6 Å². The van der Waals surface area contributed by atoms with Gasteiger partial charge in [0.1, 0.15) is 0 Å². The van der Waals surface area contributed by atoms with Gasteiger partial charge >= 0.3 is 0 Å². The summed E-state index contributed by atoms with van der Waals surface area (Å²) in [6.45, 7) is 10.6. The van der Waals surface area contributed by atoms with Gasteiger partial charge in [-0.05, 0) is 52.1 Å². The predicted molar refractivity (Wildman–Crippen MR) is 58.9 cm³/mol. The summed E-state index contributed by atoms with van der Waals surface area (Å²) in [7, 11) is 0. The summed E-state index contributed by atoms with van der Waals surface area (Å²) in [5, 5.41) is 0. The molecule has 0 aromatic heterocycles. The predicted octanol–water partition coefficient (Wildman–Crippen LogP) is 3.07. The number of rotatable bonds is 3. The van der Waals surface area contributed by atoms with Crippen molar-refractivity contribution in [3.63, 3.8) is 0 Å². The smallest absolute Gasteiger partial charge is 0.00160 e. The zero-order valence-electron chi connectivity index (χ0n) is 9.34. The molecular formula is C12H23N. The van der Waals surface area contributed by atoms with Crippen LogP contribution in [-0.2, 0) is 0 Å². The van der Waals surface area contributed by atoms with Crippen molar-refractivity contribution >= 4 is 0 Å². The van der Waals surface area contributed by atoms with Crippen LogP contribution in [0.15, 0.2) is 11.6 Å². The molecule has 0 aliphatic carbocycles. The van der Waals surface area contributed by atoms with Crippen LogP contribution in [0, 0.1) is 5.92 Å². The average Bonchev–Trinajstić information content (AvgIpc) is 2.08. The molecule has 13 heavy (non-hydrogen) atoms. The maximum Gasteiger partial charge on any atom is 0.00160 e. The Morgan fingerprint density at radius 1 is 1.31 bits per heavy atom. The van der Waals surface area contributed by atoms with Crippen molar-refractivity contribution in [2.75, 3.05) is 19.6 Å². The molecule has 1 heterocycles. The second-order valence-corrected chi connectivity index (χ2v) is 4.59. The molecule has 0 radical (unpaired) electrons. The van der Waals surface area contributed by atoms with Crippen LogP contribution in [0.3, 0.4) is 0 Å². The number of piperidine rings is 1. The molecule has 0 N–H and O–H groups in total. The lowest BCUT2D eigenvalue weighted by molar-refractivity contribution is 0.195. The lowest BCUT2D eigenvalue weighted by Gasteiger charge is -2.29. The topological polar surface area (TPSA) is 3.24 Å². The first kappa shape index (κ1) is 10.8. The van der Waals surface area contributed by atoms with E-state index in [0.29, 0.717) is 0 Å². The van der Waals surface area contributed by atoms with Gasteiger partial charge in [0.15, 0.2) is 0 Å². The molecule has 1 aliphatic rings. The molecule has 1 saturated heterocycles. The number of nitrogens with zero attached hydrogens (tertiary/aromatic N) is 1. The molecule has 0 bridgehead atoms. The van der Waals surface area contributed by atoms with Gasteiger partial charge in [-0.25, -0.2) is 0 Å². The molecular weight excluding hydrogens is 158 g/mol. The first-order chi connectivity index (χ1) is 6.18. The van der Waals surface area contributed by atoms with Gasteiger partial charge in [-0.2, -0.15) is 0 Å². The summed E-state index contributed by atoms with van der Waals surface area (Å²) < 4.78 is 0. The minimum atomic E-state index is 0.958. The SMILES string of the molecule is CC(C)=CCCN1CCC(C)CC1. The van der Waals surface area contributed by atoms with Crippen LogP contribution in [0.2, 0.25) is 0 Å². The van der Waals surface area contributed by atoms with E-state index < -0.39 is 0 Å². The maximum atomic E-state index is 2.60. The van der Waals surface area contributed by atoms with E-state index >= 15 is 0 Å². The summed E-state index contributed by atoms with van der Waals surface area (Å²) in [5.41, 5.74) is 1.45. The second-order valence-electron chi connectivity index (χ2n) is 4.59. The molecule has 1 aliphatic heterocycles. The lowest BCUT2D eigenvalue weighted by atomic mass is 9.99. The Labute approximate surface area is 82.8 Å². The summed E-state index contributed by atoms with van der Waals surface area (Å²) >= 11 is 0. The molecule has 1 nitrogen and oxygen atoms in total. The minimum Gasteiger partial charge on any atom is -0.303 e. The van der Waals surface area contributed by atoms with E-state index in [1.54, 1.807) is 0 Å². The van der Waals surface area contributed by atoms with E-state index in [9.17, 15) is 0 Å². The van der Waals surface area contributed by atoms with Gasteiger partial charge in [0.2, 0.25) is 0 Å². The molecule has 0 aromatic rings. The zero-order chi connectivity index (χ0) is 9.68. The van der Waals surface area contributed by atoms with Crippen molar-refractivity contribution in [1.29, 1.82) is 0 Å². The van der Waals surface area contributed by atoms with Crippen LogP contribution < -0.4 is 0 Å². The third-order valence-corrected chi connectivity index (χ3v) is 2.87. The average molecular weight is 181 g/mol. The Bertz CT molecular complexity index is 160. The standard InChI is InChI=1S/C12H23N/c1-11(2)5-4-8-13-9-6-12(3)7-10-13/h5,12H,4,6-10H2,1-3H3. The Balaban J connectivity index is 2.12. The normalized spacial score (nSPS) is 20.2. The minimum absolute atomic E-state index is 0.958. The third kappa shape index (κ3) is 4.47. The van der Waals surface area contributed by atoms with Crippen molar-refractivity contribution in [3.05, 3.63) is 11.6 Å². The monoisotopic (exact) mass is 181 g/mol. The number of hydrogen-bond acceptors (Lipinski definition) is 1. The van der Waals surface area contributed by atoms with Crippen molar-refractivity contribution in [2.24, 2.45) is 5.92 Å². The van der Waals surface area contributed by atoms with Crippen LogP contribution in [-0.4, -0.2) is 24.5 Å². The van der Waals surface area contributed by atoms with E-state index in [2.05, 4.69) is 31.7 Å². The summed E-state index contributed by atoms with van der Waals surface area (Å²) in [6, 6.07) is 0.